The molecule has 0 fully saturated rings. The van der Waals surface area contributed by atoms with Crippen LogP contribution in [0.5, 0.6) is 0 Å². The number of hydrogen-bond acceptors (Lipinski definition) is 3. The van der Waals surface area contributed by atoms with Crippen molar-refractivity contribution >= 4 is 17.7 Å². The molecule has 116 valence electrons. The fraction of sp³-hybridized carbons (Fsp3) is 0.467. The number of likely N-dealkylation sites (N-methyl/N-ethyl adjacent to an activating group) is 1. The second-order valence-corrected chi connectivity index (χ2v) is 5.13. The van der Waals surface area contributed by atoms with Gasteiger partial charge >= 0.3 is 12.0 Å². The number of aromatic carboxylic acids is 1. The number of urea groups is 1. The molecule has 2 N–H and O–H groups in total. The Balaban J connectivity index is 2.68. The largest absolute Gasteiger partial charge is 0.478 e. The average Bonchev–Trinajstić information content (AvgIpc) is 2.39. The first-order valence-corrected chi connectivity index (χ1v) is 6.79. The smallest absolute Gasteiger partial charge is 0.337 e. The van der Waals surface area contributed by atoms with Crippen molar-refractivity contribution in [3.05, 3.63) is 29.3 Å². The van der Waals surface area contributed by atoms with E-state index < -0.39 is 5.97 Å². The van der Waals surface area contributed by atoms with E-state index in [0.717, 1.165) is 5.56 Å². The molecular formula is C15H22N2O4. The number of carbonyl (C=O) groups is 2. The van der Waals surface area contributed by atoms with E-state index in [4.69, 9.17) is 9.84 Å². The van der Waals surface area contributed by atoms with Crippen LogP contribution in [0.3, 0.4) is 0 Å². The number of ether oxygens (including phenoxy) is 1. The molecule has 1 aromatic carbocycles. The van der Waals surface area contributed by atoms with Gasteiger partial charge in [-0.3, -0.25) is 0 Å². The molecule has 0 heterocycles. The van der Waals surface area contributed by atoms with E-state index in [1.165, 1.54) is 11.0 Å². The molecule has 1 rings (SSSR count). The molecule has 0 saturated carbocycles. The Morgan fingerprint density at radius 1 is 1.38 bits per heavy atom. The van der Waals surface area contributed by atoms with Gasteiger partial charge in [0.1, 0.15) is 0 Å². The maximum absolute atomic E-state index is 12.0. The van der Waals surface area contributed by atoms with Crippen molar-refractivity contribution in [2.75, 3.05) is 25.5 Å². The predicted molar refractivity (Wildman–Crippen MR) is 80.9 cm³/mol. The van der Waals surface area contributed by atoms with Crippen molar-refractivity contribution in [2.45, 2.75) is 26.9 Å². The summed E-state index contributed by atoms with van der Waals surface area (Å²) < 4.78 is 5.37. The van der Waals surface area contributed by atoms with Crippen molar-refractivity contribution in [1.29, 1.82) is 0 Å². The predicted octanol–water partition coefficient (Wildman–Crippen LogP) is 2.58. The van der Waals surface area contributed by atoms with Crippen molar-refractivity contribution < 1.29 is 19.4 Å². The van der Waals surface area contributed by atoms with Crippen LogP contribution in [0.1, 0.15) is 29.8 Å². The van der Waals surface area contributed by atoms with E-state index in [1.54, 1.807) is 26.1 Å². The van der Waals surface area contributed by atoms with Crippen LogP contribution in [-0.2, 0) is 4.74 Å². The van der Waals surface area contributed by atoms with Gasteiger partial charge in [-0.25, -0.2) is 9.59 Å². The lowest BCUT2D eigenvalue weighted by Crippen LogP contribution is -2.34. The lowest BCUT2D eigenvalue weighted by atomic mass is 10.1. The highest BCUT2D eigenvalue weighted by Crippen LogP contribution is 2.17. The zero-order valence-electron chi connectivity index (χ0n) is 12.8. The zero-order valence-corrected chi connectivity index (χ0v) is 12.8. The number of carboxylic acids is 1. The van der Waals surface area contributed by atoms with Gasteiger partial charge in [-0.05, 0) is 32.9 Å². The van der Waals surface area contributed by atoms with Crippen molar-refractivity contribution in [2.24, 2.45) is 0 Å². The van der Waals surface area contributed by atoms with E-state index >= 15 is 0 Å². The van der Waals surface area contributed by atoms with Crippen molar-refractivity contribution in [3.8, 4) is 0 Å². The molecule has 6 nitrogen and oxygen atoms in total. The van der Waals surface area contributed by atoms with Gasteiger partial charge in [0.05, 0.1) is 24.0 Å². The van der Waals surface area contributed by atoms with Gasteiger partial charge in [-0.15, -0.1) is 0 Å². The van der Waals surface area contributed by atoms with E-state index in [1.807, 2.05) is 13.8 Å². The third-order valence-electron chi connectivity index (χ3n) is 2.87. The second-order valence-electron chi connectivity index (χ2n) is 5.13. The summed E-state index contributed by atoms with van der Waals surface area (Å²) >= 11 is 0. The lowest BCUT2D eigenvalue weighted by molar-refractivity contribution is 0.0687. The number of carboxylic acid groups (broad SMARTS) is 1. The molecule has 0 spiro atoms. The molecule has 1 aromatic rings. The summed E-state index contributed by atoms with van der Waals surface area (Å²) in [6.07, 6.45) is 0.108. The quantitative estimate of drug-likeness (QED) is 0.845. The number of rotatable bonds is 6. The number of carbonyl (C=O) groups excluding carboxylic acids is 1. The minimum Gasteiger partial charge on any atom is -0.478 e. The fourth-order valence-electron chi connectivity index (χ4n) is 1.68. The Morgan fingerprint density at radius 2 is 2.05 bits per heavy atom. The Bertz CT molecular complexity index is 514. The SMILES string of the molecule is Cc1ccc(NC(=O)N(C)CCOC(C)C)c(C(=O)O)c1. The normalized spacial score (nSPS) is 10.5. The molecule has 0 aliphatic heterocycles. The van der Waals surface area contributed by atoms with Gasteiger partial charge in [0, 0.05) is 13.6 Å². The van der Waals surface area contributed by atoms with Gasteiger partial charge in [0.2, 0.25) is 0 Å². The van der Waals surface area contributed by atoms with Crippen LogP contribution >= 0.6 is 0 Å². The van der Waals surface area contributed by atoms with Crippen LogP contribution < -0.4 is 5.32 Å². The summed E-state index contributed by atoms with van der Waals surface area (Å²) in [5.74, 6) is -1.07. The van der Waals surface area contributed by atoms with Gasteiger partial charge in [-0.2, -0.15) is 0 Å². The first-order chi connectivity index (χ1) is 9.81. The molecule has 0 bridgehead atoms. The molecule has 21 heavy (non-hydrogen) atoms. The number of aryl methyl sites for hydroxylation is 1. The number of amides is 2. The molecule has 0 saturated heterocycles. The van der Waals surface area contributed by atoms with Gasteiger partial charge < -0.3 is 20.1 Å². The lowest BCUT2D eigenvalue weighted by Gasteiger charge is -2.19. The van der Waals surface area contributed by atoms with E-state index in [0.29, 0.717) is 13.2 Å². The van der Waals surface area contributed by atoms with Gasteiger partial charge in [-0.1, -0.05) is 11.6 Å². The van der Waals surface area contributed by atoms with Crippen LogP contribution in [0.15, 0.2) is 18.2 Å². The zero-order chi connectivity index (χ0) is 16.0. The first-order valence-electron chi connectivity index (χ1n) is 6.79. The Kier molecular flexibility index (Phi) is 6.17. The average molecular weight is 294 g/mol. The molecular weight excluding hydrogens is 272 g/mol. The fourth-order valence-corrected chi connectivity index (χ4v) is 1.68. The summed E-state index contributed by atoms with van der Waals surface area (Å²) in [6.45, 7) is 6.50. The Labute approximate surface area is 124 Å². The third-order valence-corrected chi connectivity index (χ3v) is 2.87. The maximum Gasteiger partial charge on any atom is 0.337 e. The monoisotopic (exact) mass is 294 g/mol. The molecule has 0 aromatic heterocycles. The molecule has 0 aliphatic rings. The molecule has 0 aliphatic carbocycles. The van der Waals surface area contributed by atoms with Crippen LogP contribution in [0, 0.1) is 6.92 Å². The van der Waals surface area contributed by atoms with Crippen LogP contribution in [-0.4, -0.2) is 48.3 Å². The molecule has 0 atom stereocenters. The summed E-state index contributed by atoms with van der Waals surface area (Å²) in [5.41, 5.74) is 1.19. The highest BCUT2D eigenvalue weighted by molar-refractivity contribution is 6.00. The number of benzene rings is 1. The summed E-state index contributed by atoms with van der Waals surface area (Å²) in [6, 6.07) is 4.51. The van der Waals surface area contributed by atoms with Crippen LogP contribution in [0.4, 0.5) is 10.5 Å². The Hall–Kier alpha value is -2.08. The maximum atomic E-state index is 12.0. The number of nitrogens with one attached hydrogen (secondary N) is 1. The molecule has 6 heteroatoms. The highest BCUT2D eigenvalue weighted by Gasteiger charge is 2.15. The summed E-state index contributed by atoms with van der Waals surface area (Å²) in [7, 11) is 1.63. The van der Waals surface area contributed by atoms with Crippen LogP contribution in [0.2, 0.25) is 0 Å². The number of hydrogen-bond donors (Lipinski definition) is 2. The molecule has 0 unspecified atom stereocenters. The molecule has 2 amide bonds. The summed E-state index contributed by atoms with van der Waals surface area (Å²) in [5, 5.41) is 11.8. The number of anilines is 1. The second kappa shape index (κ2) is 7.64. The van der Waals surface area contributed by atoms with E-state index in [9.17, 15) is 9.59 Å². The third kappa shape index (κ3) is 5.43. The van der Waals surface area contributed by atoms with Crippen molar-refractivity contribution in [3.63, 3.8) is 0 Å². The summed E-state index contributed by atoms with van der Waals surface area (Å²) in [4.78, 5) is 24.7. The highest BCUT2D eigenvalue weighted by atomic mass is 16.5. The van der Waals surface area contributed by atoms with Crippen molar-refractivity contribution in [1.82, 2.24) is 4.90 Å². The standard InChI is InChI=1S/C15H22N2O4/c1-10(2)21-8-7-17(4)15(20)16-13-6-5-11(3)9-12(13)14(18)19/h5-6,9-10H,7-8H2,1-4H3,(H,16,20)(H,18,19). The topological polar surface area (TPSA) is 78.9 Å². The number of nitrogens with zero attached hydrogens (tertiary/aromatic N) is 1. The minimum absolute atomic E-state index is 0.0789. The van der Waals surface area contributed by atoms with Crippen LogP contribution in [0.25, 0.3) is 0 Å². The minimum atomic E-state index is -1.07. The molecule has 0 radical (unpaired) electrons. The van der Waals surface area contributed by atoms with E-state index in [-0.39, 0.29) is 23.4 Å². The first kappa shape index (κ1) is 17.0. The Morgan fingerprint density at radius 3 is 2.62 bits per heavy atom. The van der Waals surface area contributed by atoms with Gasteiger partial charge in [0.15, 0.2) is 0 Å². The van der Waals surface area contributed by atoms with E-state index in [2.05, 4.69) is 5.32 Å². The van der Waals surface area contributed by atoms with Gasteiger partial charge in [0.25, 0.3) is 0 Å².